The molecule has 1 amide bonds. The normalized spacial score (nSPS) is 16.5. The van der Waals surface area contributed by atoms with Crippen LogP contribution >= 0.6 is 11.6 Å². The summed E-state index contributed by atoms with van der Waals surface area (Å²) in [6, 6.07) is 5.48. The zero-order valence-electron chi connectivity index (χ0n) is 21.2. The Morgan fingerprint density at radius 1 is 1.14 bits per heavy atom. The molecule has 1 aromatic heterocycles. The minimum absolute atomic E-state index is 0.0518. The molecular formula is C24H36ClN5O4S. The maximum atomic E-state index is 13.4. The van der Waals surface area contributed by atoms with Gasteiger partial charge in [-0.15, -0.1) is 0 Å². The van der Waals surface area contributed by atoms with Crippen molar-refractivity contribution in [1.29, 1.82) is 0 Å². The maximum absolute atomic E-state index is 13.4. The second kappa shape index (κ2) is 11.7. The van der Waals surface area contributed by atoms with Crippen molar-refractivity contribution in [2.75, 3.05) is 36.7 Å². The van der Waals surface area contributed by atoms with E-state index in [0.717, 1.165) is 12.1 Å². The second-order valence-corrected chi connectivity index (χ2v) is 12.0. The third-order valence-corrected chi connectivity index (χ3v) is 7.59. The number of hydrogen-bond acceptors (Lipinski definition) is 7. The Kier molecular flexibility index (Phi) is 9.17. The fourth-order valence-electron chi connectivity index (χ4n) is 4.14. The Labute approximate surface area is 213 Å². The smallest absolute Gasteiger partial charge is 0.232 e. The monoisotopic (exact) mass is 525 g/mol. The summed E-state index contributed by atoms with van der Waals surface area (Å²) in [4.78, 5) is 21.8. The van der Waals surface area contributed by atoms with Gasteiger partial charge in [0.1, 0.15) is 0 Å². The Morgan fingerprint density at radius 2 is 1.89 bits per heavy atom. The van der Waals surface area contributed by atoms with Crippen molar-refractivity contribution >= 4 is 33.2 Å². The number of halogens is 1. The van der Waals surface area contributed by atoms with Crippen LogP contribution in [0, 0.1) is 0 Å². The fourth-order valence-corrected chi connectivity index (χ4v) is 5.29. The molecule has 1 aliphatic heterocycles. The Hall–Kier alpha value is -2.17. The van der Waals surface area contributed by atoms with Gasteiger partial charge in [0.15, 0.2) is 5.82 Å². The first-order chi connectivity index (χ1) is 16.5. The minimum Gasteiger partial charge on any atom is -0.339 e. The average molecular weight is 526 g/mol. The lowest BCUT2D eigenvalue weighted by atomic mass is 10.1. The molecule has 0 spiro atoms. The van der Waals surface area contributed by atoms with Gasteiger partial charge in [0.05, 0.1) is 11.9 Å². The quantitative estimate of drug-likeness (QED) is 0.567. The van der Waals surface area contributed by atoms with Crippen LogP contribution in [0.1, 0.15) is 63.7 Å². The molecule has 0 atom stereocenters. The first-order valence-electron chi connectivity index (χ1n) is 12.1. The van der Waals surface area contributed by atoms with E-state index in [2.05, 4.69) is 28.9 Å². The number of fused-ring (bicyclic) bond motifs is 1. The van der Waals surface area contributed by atoms with E-state index in [9.17, 15) is 13.2 Å². The van der Waals surface area contributed by atoms with E-state index in [1.54, 1.807) is 23.1 Å². The topological polar surface area (TPSA) is 99.9 Å². The number of amides is 1. The van der Waals surface area contributed by atoms with Gasteiger partial charge >= 0.3 is 0 Å². The lowest BCUT2D eigenvalue weighted by molar-refractivity contribution is -0.132. The van der Waals surface area contributed by atoms with Gasteiger partial charge in [-0.2, -0.15) is 4.98 Å². The van der Waals surface area contributed by atoms with E-state index in [4.69, 9.17) is 16.1 Å². The summed E-state index contributed by atoms with van der Waals surface area (Å²) in [6.07, 6.45) is 2.45. The van der Waals surface area contributed by atoms with Crippen molar-refractivity contribution in [3.8, 4) is 0 Å². The van der Waals surface area contributed by atoms with E-state index in [1.807, 2.05) is 13.8 Å². The Balaban J connectivity index is 1.89. The third kappa shape index (κ3) is 7.41. The highest BCUT2D eigenvalue weighted by molar-refractivity contribution is 7.92. The summed E-state index contributed by atoms with van der Waals surface area (Å²) in [7, 11) is -3.54. The van der Waals surface area contributed by atoms with Crippen molar-refractivity contribution in [2.24, 2.45) is 0 Å². The van der Waals surface area contributed by atoms with E-state index in [1.165, 1.54) is 10.6 Å². The standard InChI is InChI=1S/C24H36ClN5O4S/c1-17(2)24-26-22(34-27-24)9-10-23(31)29-14-13-28(18(3)4)11-6-12-30(35(5,32)33)21-15-20(25)8-7-19(21)16-29/h7-8,15,17-18H,6,9-14,16H2,1-5H3. The van der Waals surface area contributed by atoms with Crippen LogP contribution in [-0.4, -0.2) is 72.7 Å². The zero-order chi connectivity index (χ0) is 25.8. The molecule has 3 rings (SSSR count). The fraction of sp³-hybridized carbons (Fsp3) is 0.625. The summed E-state index contributed by atoms with van der Waals surface area (Å²) in [5.41, 5.74) is 1.26. The SMILES string of the molecule is CC(C)c1noc(CCC(=O)N2CCN(C(C)C)CCCN(S(C)(=O)=O)c3cc(Cl)ccc3C2)n1. The summed E-state index contributed by atoms with van der Waals surface area (Å²) in [6.45, 7) is 10.8. The highest BCUT2D eigenvalue weighted by Gasteiger charge is 2.26. The molecule has 35 heavy (non-hydrogen) atoms. The van der Waals surface area contributed by atoms with Crippen molar-refractivity contribution in [3.05, 3.63) is 40.5 Å². The van der Waals surface area contributed by atoms with Gasteiger partial charge in [-0.1, -0.05) is 36.7 Å². The lowest BCUT2D eigenvalue weighted by Gasteiger charge is -2.30. The number of rotatable bonds is 6. The number of aryl methyl sites for hydroxylation is 1. The molecule has 0 saturated heterocycles. The molecule has 9 nitrogen and oxygen atoms in total. The number of anilines is 1. The number of sulfonamides is 1. The summed E-state index contributed by atoms with van der Waals surface area (Å²) in [5.74, 6) is 1.17. The minimum atomic E-state index is -3.54. The molecule has 1 aliphatic rings. The van der Waals surface area contributed by atoms with Crippen LogP contribution in [0.15, 0.2) is 22.7 Å². The molecule has 11 heteroatoms. The van der Waals surface area contributed by atoms with Crippen molar-refractivity contribution < 1.29 is 17.7 Å². The first-order valence-corrected chi connectivity index (χ1v) is 14.3. The predicted molar refractivity (Wildman–Crippen MR) is 137 cm³/mol. The molecule has 1 aromatic carbocycles. The molecule has 0 saturated carbocycles. The van der Waals surface area contributed by atoms with Crippen LogP contribution in [0.25, 0.3) is 0 Å². The Morgan fingerprint density at radius 3 is 2.51 bits per heavy atom. The lowest BCUT2D eigenvalue weighted by Crippen LogP contribution is -2.41. The molecule has 194 valence electrons. The van der Waals surface area contributed by atoms with E-state index >= 15 is 0 Å². The number of nitrogens with zero attached hydrogens (tertiary/aromatic N) is 5. The molecule has 0 aliphatic carbocycles. The zero-order valence-corrected chi connectivity index (χ0v) is 22.8. The van der Waals surface area contributed by atoms with Gasteiger partial charge < -0.3 is 9.42 Å². The van der Waals surface area contributed by atoms with Crippen molar-refractivity contribution in [2.45, 2.75) is 65.5 Å². The third-order valence-electron chi connectivity index (χ3n) is 6.18. The van der Waals surface area contributed by atoms with Crippen LogP contribution in [0.5, 0.6) is 0 Å². The van der Waals surface area contributed by atoms with Crippen molar-refractivity contribution in [1.82, 2.24) is 19.9 Å². The highest BCUT2D eigenvalue weighted by atomic mass is 35.5. The summed E-state index contributed by atoms with van der Waals surface area (Å²) in [5, 5.41) is 4.42. The number of carbonyl (C=O) groups excluding carboxylic acids is 1. The van der Waals surface area contributed by atoms with E-state index in [-0.39, 0.29) is 30.8 Å². The number of benzene rings is 1. The molecule has 2 heterocycles. The average Bonchev–Trinajstić information content (AvgIpc) is 3.24. The van der Waals surface area contributed by atoms with Crippen LogP contribution in [0.2, 0.25) is 5.02 Å². The summed E-state index contributed by atoms with van der Waals surface area (Å²) < 4.78 is 32.1. The molecule has 2 aromatic rings. The molecular weight excluding hydrogens is 490 g/mol. The van der Waals surface area contributed by atoms with Crippen LogP contribution < -0.4 is 4.31 Å². The van der Waals surface area contributed by atoms with Crippen molar-refractivity contribution in [3.63, 3.8) is 0 Å². The number of carbonyl (C=O) groups is 1. The first kappa shape index (κ1) is 27.4. The number of aromatic nitrogens is 2. The highest BCUT2D eigenvalue weighted by Crippen LogP contribution is 2.29. The van der Waals surface area contributed by atoms with Gasteiger partial charge in [0.25, 0.3) is 0 Å². The maximum Gasteiger partial charge on any atom is 0.232 e. The van der Waals surface area contributed by atoms with E-state index < -0.39 is 10.0 Å². The van der Waals surface area contributed by atoms with Gasteiger partial charge in [-0.3, -0.25) is 14.0 Å². The van der Waals surface area contributed by atoms with E-state index in [0.29, 0.717) is 54.9 Å². The molecule has 0 fully saturated rings. The van der Waals surface area contributed by atoms with Crippen LogP contribution in [0.3, 0.4) is 0 Å². The molecule has 0 radical (unpaired) electrons. The van der Waals surface area contributed by atoms with Gasteiger partial charge in [0.2, 0.25) is 21.8 Å². The van der Waals surface area contributed by atoms with Crippen LogP contribution in [-0.2, 0) is 27.8 Å². The largest absolute Gasteiger partial charge is 0.339 e. The van der Waals surface area contributed by atoms with Gasteiger partial charge in [-0.25, -0.2) is 8.42 Å². The number of hydrogen-bond donors (Lipinski definition) is 0. The molecule has 0 N–H and O–H groups in total. The van der Waals surface area contributed by atoms with Crippen LogP contribution in [0.4, 0.5) is 5.69 Å². The molecule has 0 unspecified atom stereocenters. The second-order valence-electron chi connectivity index (χ2n) is 9.61. The summed E-state index contributed by atoms with van der Waals surface area (Å²) >= 11 is 6.26. The predicted octanol–water partition coefficient (Wildman–Crippen LogP) is 3.69. The van der Waals surface area contributed by atoms with Gasteiger partial charge in [-0.05, 0) is 38.0 Å². The van der Waals surface area contributed by atoms with Gasteiger partial charge in [0, 0.05) is 62.5 Å². The Bertz CT molecular complexity index is 1120. The molecule has 0 bridgehead atoms.